The number of rotatable bonds is 11. The first-order valence-electron chi connectivity index (χ1n) is 9.79. The third-order valence-electron chi connectivity index (χ3n) is 4.61. The van der Waals surface area contributed by atoms with Gasteiger partial charge in [0.1, 0.15) is 12.4 Å². The molecular weight excluding hydrogens is 437 g/mol. The van der Waals surface area contributed by atoms with Crippen molar-refractivity contribution in [3.8, 4) is 11.5 Å². The summed E-state index contributed by atoms with van der Waals surface area (Å²) in [6.45, 7) is 2.12. The second-order valence-corrected chi connectivity index (χ2v) is 6.77. The minimum absolute atomic E-state index is 0. The topological polar surface area (TPSA) is 85.7 Å². The van der Waals surface area contributed by atoms with Crippen molar-refractivity contribution in [3.63, 3.8) is 0 Å². The molecule has 0 atom stereocenters. The Morgan fingerprint density at radius 3 is 2.44 bits per heavy atom. The van der Waals surface area contributed by atoms with Gasteiger partial charge in [0.25, 0.3) is 5.69 Å². The first kappa shape index (κ1) is 24.9. The summed E-state index contributed by atoms with van der Waals surface area (Å²) in [5.41, 5.74) is 2.39. The number of anilines is 1. The van der Waals surface area contributed by atoms with Crippen LogP contribution in [0.4, 0.5) is 15.8 Å². The Morgan fingerprint density at radius 1 is 1.00 bits per heavy atom. The van der Waals surface area contributed by atoms with Gasteiger partial charge in [-0.15, -0.1) is 12.4 Å². The van der Waals surface area contributed by atoms with E-state index in [1.807, 2.05) is 18.2 Å². The maximum Gasteiger partial charge on any atom is 0.269 e. The largest absolute Gasteiger partial charge is 0.493 e. The summed E-state index contributed by atoms with van der Waals surface area (Å²) in [5.74, 6) is 0.832. The van der Waals surface area contributed by atoms with Gasteiger partial charge in [-0.25, -0.2) is 4.39 Å². The summed E-state index contributed by atoms with van der Waals surface area (Å²) in [6.07, 6.45) is 0. The maximum absolute atomic E-state index is 13.7. The van der Waals surface area contributed by atoms with Gasteiger partial charge in [-0.3, -0.25) is 10.1 Å². The number of ether oxygens (including phenoxy) is 2. The second-order valence-electron chi connectivity index (χ2n) is 6.77. The Balaban J connectivity index is 0.00000363. The second kappa shape index (κ2) is 12.5. The summed E-state index contributed by atoms with van der Waals surface area (Å²) in [5, 5.41) is 17.2. The lowest BCUT2D eigenvalue weighted by molar-refractivity contribution is -0.384. The molecule has 0 bridgehead atoms. The van der Waals surface area contributed by atoms with Crippen LogP contribution >= 0.6 is 12.4 Å². The number of methoxy groups -OCH3 is 1. The highest BCUT2D eigenvalue weighted by atomic mass is 35.5. The molecule has 0 fully saturated rings. The molecule has 0 unspecified atom stereocenters. The van der Waals surface area contributed by atoms with E-state index in [-0.39, 0.29) is 30.5 Å². The Labute approximate surface area is 192 Å². The van der Waals surface area contributed by atoms with Gasteiger partial charge in [0.2, 0.25) is 0 Å². The standard InChI is InChI=1S/C23H24FN3O4.ClH/c1-30-23-14-17(6-11-22(23)31-16-18-4-2-3-5-21(18)24)15-25-12-13-26-19-7-9-20(10-8-19)27(28)29;/h2-11,14,25-26H,12-13,15-16H2,1H3;1H. The van der Waals surface area contributed by atoms with Crippen LogP contribution in [0, 0.1) is 15.9 Å². The highest BCUT2D eigenvalue weighted by Crippen LogP contribution is 2.29. The van der Waals surface area contributed by atoms with Crippen LogP contribution in [0.5, 0.6) is 11.5 Å². The summed E-state index contributed by atoms with van der Waals surface area (Å²) >= 11 is 0. The van der Waals surface area contributed by atoms with Crippen molar-refractivity contribution in [1.82, 2.24) is 5.32 Å². The number of nitro groups is 1. The monoisotopic (exact) mass is 461 g/mol. The van der Waals surface area contributed by atoms with Crippen LogP contribution in [-0.2, 0) is 13.2 Å². The normalized spacial score (nSPS) is 10.2. The number of nitrogens with one attached hydrogen (secondary N) is 2. The molecule has 0 amide bonds. The van der Waals surface area contributed by atoms with Crippen LogP contribution in [-0.4, -0.2) is 25.1 Å². The van der Waals surface area contributed by atoms with Crippen molar-refractivity contribution >= 4 is 23.8 Å². The lowest BCUT2D eigenvalue weighted by Crippen LogP contribution is -2.21. The first-order chi connectivity index (χ1) is 15.1. The van der Waals surface area contributed by atoms with Gasteiger partial charge in [-0.1, -0.05) is 24.3 Å². The number of non-ortho nitro benzene ring substituents is 1. The number of nitrogens with zero attached hydrogens (tertiary/aromatic N) is 1. The fourth-order valence-electron chi connectivity index (χ4n) is 2.94. The zero-order valence-corrected chi connectivity index (χ0v) is 18.4. The van der Waals surface area contributed by atoms with E-state index in [1.54, 1.807) is 37.4 Å². The average molecular weight is 462 g/mol. The van der Waals surface area contributed by atoms with E-state index in [4.69, 9.17) is 9.47 Å². The zero-order valence-electron chi connectivity index (χ0n) is 17.5. The predicted octanol–water partition coefficient (Wildman–Crippen LogP) is 4.95. The fraction of sp³-hybridized carbons (Fsp3) is 0.217. The molecule has 0 saturated heterocycles. The molecule has 0 aliphatic carbocycles. The van der Waals surface area contributed by atoms with Crippen molar-refractivity contribution in [2.75, 3.05) is 25.5 Å². The lowest BCUT2D eigenvalue weighted by Gasteiger charge is -2.13. The lowest BCUT2D eigenvalue weighted by atomic mass is 10.2. The first-order valence-corrected chi connectivity index (χ1v) is 9.79. The number of hydrogen-bond donors (Lipinski definition) is 2. The third-order valence-corrected chi connectivity index (χ3v) is 4.61. The molecule has 0 aliphatic rings. The average Bonchev–Trinajstić information content (AvgIpc) is 2.79. The summed E-state index contributed by atoms with van der Waals surface area (Å²) in [7, 11) is 1.57. The van der Waals surface area contributed by atoms with E-state index in [9.17, 15) is 14.5 Å². The fourth-order valence-corrected chi connectivity index (χ4v) is 2.94. The van der Waals surface area contributed by atoms with Crippen LogP contribution in [0.1, 0.15) is 11.1 Å². The molecule has 2 N–H and O–H groups in total. The quantitative estimate of drug-likeness (QED) is 0.239. The van der Waals surface area contributed by atoms with Crippen molar-refractivity contribution in [3.05, 3.63) is 93.8 Å². The summed E-state index contributed by atoms with van der Waals surface area (Å²) < 4.78 is 24.9. The van der Waals surface area contributed by atoms with Crippen LogP contribution in [0.3, 0.4) is 0 Å². The Kier molecular flexibility index (Phi) is 9.72. The highest BCUT2D eigenvalue weighted by molar-refractivity contribution is 5.85. The molecule has 0 radical (unpaired) electrons. The molecule has 3 aromatic carbocycles. The van der Waals surface area contributed by atoms with Crippen LogP contribution in [0.2, 0.25) is 0 Å². The van der Waals surface area contributed by atoms with Crippen molar-refractivity contribution < 1.29 is 18.8 Å². The third kappa shape index (κ3) is 7.11. The van der Waals surface area contributed by atoms with Crippen LogP contribution < -0.4 is 20.1 Å². The van der Waals surface area contributed by atoms with E-state index < -0.39 is 4.92 Å². The maximum atomic E-state index is 13.7. The molecule has 3 aromatic rings. The highest BCUT2D eigenvalue weighted by Gasteiger charge is 2.08. The van der Waals surface area contributed by atoms with Crippen molar-refractivity contribution in [1.29, 1.82) is 0 Å². The summed E-state index contributed by atoms with van der Waals surface area (Å²) in [6, 6.07) is 18.4. The number of benzene rings is 3. The SMILES string of the molecule is COc1cc(CNCCNc2ccc([N+](=O)[O-])cc2)ccc1OCc1ccccc1F.Cl. The smallest absolute Gasteiger partial charge is 0.269 e. The van der Waals surface area contributed by atoms with E-state index in [1.165, 1.54) is 18.2 Å². The van der Waals surface area contributed by atoms with Crippen LogP contribution in [0.15, 0.2) is 66.7 Å². The molecule has 0 aliphatic heterocycles. The predicted molar refractivity (Wildman–Crippen MR) is 124 cm³/mol. The van der Waals surface area contributed by atoms with Gasteiger partial charge >= 0.3 is 0 Å². The van der Waals surface area contributed by atoms with E-state index in [0.717, 1.165) is 11.3 Å². The molecule has 32 heavy (non-hydrogen) atoms. The molecule has 0 aromatic heterocycles. The van der Waals surface area contributed by atoms with Gasteiger partial charge in [0.15, 0.2) is 11.5 Å². The number of hydrogen-bond acceptors (Lipinski definition) is 6. The molecule has 0 saturated carbocycles. The molecule has 9 heteroatoms. The minimum Gasteiger partial charge on any atom is -0.493 e. The number of nitro benzene ring substituents is 1. The van der Waals surface area contributed by atoms with Crippen molar-refractivity contribution in [2.24, 2.45) is 0 Å². The molecule has 170 valence electrons. The molecule has 7 nitrogen and oxygen atoms in total. The van der Waals surface area contributed by atoms with E-state index in [2.05, 4.69) is 10.6 Å². The van der Waals surface area contributed by atoms with Gasteiger partial charge in [-0.05, 0) is 35.9 Å². The van der Waals surface area contributed by atoms with Gasteiger partial charge in [-0.2, -0.15) is 0 Å². The van der Waals surface area contributed by atoms with E-state index >= 15 is 0 Å². The minimum atomic E-state index is -0.421. The molecular formula is C23H25ClFN3O4. The van der Waals surface area contributed by atoms with Crippen LogP contribution in [0.25, 0.3) is 0 Å². The molecule has 0 heterocycles. The van der Waals surface area contributed by atoms with Crippen molar-refractivity contribution in [2.45, 2.75) is 13.2 Å². The Bertz CT molecular complexity index is 1020. The van der Waals surface area contributed by atoms with E-state index in [0.29, 0.717) is 36.7 Å². The Morgan fingerprint density at radius 2 is 1.75 bits per heavy atom. The molecule has 3 rings (SSSR count). The Hall–Kier alpha value is -3.36. The van der Waals surface area contributed by atoms with Gasteiger partial charge < -0.3 is 20.1 Å². The summed E-state index contributed by atoms with van der Waals surface area (Å²) in [4.78, 5) is 10.3. The van der Waals surface area contributed by atoms with Gasteiger partial charge in [0, 0.05) is 43.0 Å². The zero-order chi connectivity index (χ0) is 22.1. The number of halogens is 2. The molecule has 0 spiro atoms. The van der Waals surface area contributed by atoms with Gasteiger partial charge in [0.05, 0.1) is 12.0 Å².